The van der Waals surface area contributed by atoms with Gasteiger partial charge in [0.05, 0.1) is 13.2 Å². The number of benzene rings is 1. The van der Waals surface area contributed by atoms with E-state index in [-0.39, 0.29) is 5.79 Å². The Labute approximate surface area is 115 Å². The van der Waals surface area contributed by atoms with E-state index in [0.29, 0.717) is 11.7 Å². The van der Waals surface area contributed by atoms with Gasteiger partial charge in [0.2, 0.25) is 0 Å². The molecule has 1 aliphatic heterocycles. The summed E-state index contributed by atoms with van der Waals surface area (Å²) in [5, 5.41) is 9.86. The van der Waals surface area contributed by atoms with Crippen molar-refractivity contribution in [3.8, 4) is 5.75 Å². The van der Waals surface area contributed by atoms with Gasteiger partial charge < -0.3 is 14.6 Å². The molecule has 0 atom stereocenters. The standard InChI is InChI=1S/C14H18O3.C2H6/c15-13-4-2-1-3-12(13)11-5-7-14(8-6-11)16-9-10-17-14;1-2/h1-4,11,15H,5-10H2;1-2H3. The first-order chi connectivity index (χ1) is 9.29. The van der Waals surface area contributed by atoms with Crippen LogP contribution in [0.25, 0.3) is 0 Å². The van der Waals surface area contributed by atoms with Gasteiger partial charge in [0.1, 0.15) is 5.75 Å². The maximum atomic E-state index is 9.86. The van der Waals surface area contributed by atoms with E-state index in [4.69, 9.17) is 9.47 Å². The summed E-state index contributed by atoms with van der Waals surface area (Å²) in [4.78, 5) is 0. The van der Waals surface area contributed by atoms with Gasteiger partial charge in [-0.3, -0.25) is 0 Å². The van der Waals surface area contributed by atoms with Gasteiger partial charge in [0.15, 0.2) is 5.79 Å². The third-order valence-corrected chi connectivity index (χ3v) is 3.94. The molecule has 0 aromatic heterocycles. The molecule has 0 bridgehead atoms. The zero-order chi connectivity index (χ0) is 13.7. The van der Waals surface area contributed by atoms with Gasteiger partial charge in [0.25, 0.3) is 0 Å². The molecule has 1 aliphatic carbocycles. The summed E-state index contributed by atoms with van der Waals surface area (Å²) < 4.78 is 11.4. The monoisotopic (exact) mass is 264 g/mol. The van der Waals surface area contributed by atoms with E-state index in [9.17, 15) is 5.11 Å². The van der Waals surface area contributed by atoms with Crippen LogP contribution in [-0.2, 0) is 9.47 Å². The van der Waals surface area contributed by atoms with E-state index < -0.39 is 0 Å². The van der Waals surface area contributed by atoms with Crippen LogP contribution in [-0.4, -0.2) is 24.1 Å². The first-order valence-corrected chi connectivity index (χ1v) is 7.35. The number of para-hydroxylation sites is 1. The molecule has 0 amide bonds. The molecule has 3 heteroatoms. The maximum Gasteiger partial charge on any atom is 0.168 e. The predicted octanol–water partition coefficient (Wildman–Crippen LogP) is 3.82. The number of rotatable bonds is 1. The fourth-order valence-electron chi connectivity index (χ4n) is 2.99. The first-order valence-electron chi connectivity index (χ1n) is 7.35. The summed E-state index contributed by atoms with van der Waals surface area (Å²) in [6, 6.07) is 7.64. The Morgan fingerprint density at radius 3 is 2.21 bits per heavy atom. The highest BCUT2D eigenvalue weighted by Gasteiger charge is 2.40. The van der Waals surface area contributed by atoms with Gasteiger partial charge in [-0.2, -0.15) is 0 Å². The highest BCUT2D eigenvalue weighted by Crippen LogP contribution is 2.43. The van der Waals surface area contributed by atoms with Gasteiger partial charge in [-0.1, -0.05) is 32.0 Å². The van der Waals surface area contributed by atoms with Crippen LogP contribution in [0.15, 0.2) is 24.3 Å². The van der Waals surface area contributed by atoms with E-state index >= 15 is 0 Å². The second-order valence-electron chi connectivity index (χ2n) is 4.94. The van der Waals surface area contributed by atoms with Crippen LogP contribution in [0.3, 0.4) is 0 Å². The largest absolute Gasteiger partial charge is 0.508 e. The number of aromatic hydroxyl groups is 1. The van der Waals surface area contributed by atoms with Crippen LogP contribution in [0.5, 0.6) is 5.75 Å². The highest BCUT2D eigenvalue weighted by molar-refractivity contribution is 5.35. The molecule has 0 radical (unpaired) electrons. The van der Waals surface area contributed by atoms with Crippen molar-refractivity contribution < 1.29 is 14.6 Å². The first kappa shape index (κ1) is 14.4. The van der Waals surface area contributed by atoms with Crippen molar-refractivity contribution in [3.05, 3.63) is 29.8 Å². The second-order valence-corrected chi connectivity index (χ2v) is 4.94. The molecule has 1 saturated carbocycles. The third-order valence-electron chi connectivity index (χ3n) is 3.94. The Bertz CT molecular complexity index is 387. The van der Waals surface area contributed by atoms with Crippen molar-refractivity contribution in [2.45, 2.75) is 51.2 Å². The van der Waals surface area contributed by atoms with Crippen LogP contribution in [0.2, 0.25) is 0 Å². The number of hydrogen-bond acceptors (Lipinski definition) is 3. The average molecular weight is 264 g/mol. The predicted molar refractivity (Wildman–Crippen MR) is 75.3 cm³/mol. The van der Waals surface area contributed by atoms with Gasteiger partial charge in [0, 0.05) is 12.8 Å². The molecule has 1 saturated heterocycles. The number of phenolic OH excluding ortho intramolecular Hbond substituents is 1. The maximum absolute atomic E-state index is 9.86. The molecule has 3 nitrogen and oxygen atoms in total. The molecule has 1 heterocycles. The molecule has 2 fully saturated rings. The van der Waals surface area contributed by atoms with Crippen LogP contribution in [0.4, 0.5) is 0 Å². The summed E-state index contributed by atoms with van der Waals surface area (Å²) in [6.07, 6.45) is 3.92. The van der Waals surface area contributed by atoms with E-state index in [2.05, 4.69) is 0 Å². The smallest absolute Gasteiger partial charge is 0.168 e. The topological polar surface area (TPSA) is 38.7 Å². The quantitative estimate of drug-likeness (QED) is 0.838. The summed E-state index contributed by atoms with van der Waals surface area (Å²) in [7, 11) is 0. The SMILES string of the molecule is CC.Oc1ccccc1C1CCC2(CC1)OCCO2. The van der Waals surface area contributed by atoms with Crippen molar-refractivity contribution in [3.63, 3.8) is 0 Å². The fraction of sp³-hybridized carbons (Fsp3) is 0.625. The van der Waals surface area contributed by atoms with E-state index in [1.165, 1.54) is 0 Å². The van der Waals surface area contributed by atoms with Gasteiger partial charge in [-0.15, -0.1) is 0 Å². The van der Waals surface area contributed by atoms with Crippen molar-refractivity contribution in [2.75, 3.05) is 13.2 Å². The van der Waals surface area contributed by atoms with E-state index in [0.717, 1.165) is 44.5 Å². The zero-order valence-electron chi connectivity index (χ0n) is 11.9. The Morgan fingerprint density at radius 2 is 1.63 bits per heavy atom. The molecule has 19 heavy (non-hydrogen) atoms. The van der Waals surface area contributed by atoms with Crippen molar-refractivity contribution >= 4 is 0 Å². The Balaban J connectivity index is 0.000000637. The lowest BCUT2D eigenvalue weighted by molar-refractivity contribution is -0.178. The third kappa shape index (κ3) is 3.10. The molecule has 2 aliphatic rings. The molecular weight excluding hydrogens is 240 g/mol. The van der Waals surface area contributed by atoms with Gasteiger partial charge in [-0.05, 0) is 30.4 Å². The molecule has 1 spiro atoms. The minimum absolute atomic E-state index is 0.305. The summed E-state index contributed by atoms with van der Waals surface area (Å²) >= 11 is 0. The fourth-order valence-corrected chi connectivity index (χ4v) is 2.99. The minimum Gasteiger partial charge on any atom is -0.508 e. The Kier molecular flexibility index (Phi) is 4.83. The van der Waals surface area contributed by atoms with Gasteiger partial charge >= 0.3 is 0 Å². The molecule has 106 valence electrons. The minimum atomic E-state index is -0.305. The Morgan fingerprint density at radius 1 is 1.05 bits per heavy atom. The summed E-state index contributed by atoms with van der Waals surface area (Å²) in [5.74, 6) is 0.553. The highest BCUT2D eigenvalue weighted by atomic mass is 16.7. The molecule has 1 aromatic rings. The number of hydrogen-bond donors (Lipinski definition) is 1. The molecule has 0 unspecified atom stereocenters. The second kappa shape index (κ2) is 6.40. The summed E-state index contributed by atoms with van der Waals surface area (Å²) in [6.45, 7) is 5.45. The van der Waals surface area contributed by atoms with Gasteiger partial charge in [-0.25, -0.2) is 0 Å². The van der Waals surface area contributed by atoms with E-state index in [1.807, 2.05) is 32.0 Å². The lowest BCUT2D eigenvalue weighted by atomic mass is 9.80. The van der Waals surface area contributed by atoms with Crippen molar-refractivity contribution in [2.24, 2.45) is 0 Å². The number of phenols is 1. The van der Waals surface area contributed by atoms with E-state index in [1.54, 1.807) is 6.07 Å². The molecule has 3 rings (SSSR count). The number of ether oxygens (including phenoxy) is 2. The van der Waals surface area contributed by atoms with Crippen LogP contribution >= 0.6 is 0 Å². The molecule has 1 N–H and O–H groups in total. The summed E-state index contributed by atoms with van der Waals surface area (Å²) in [5.41, 5.74) is 1.07. The zero-order valence-corrected chi connectivity index (χ0v) is 11.9. The molecule has 1 aromatic carbocycles. The van der Waals surface area contributed by atoms with Crippen LogP contribution in [0, 0.1) is 0 Å². The van der Waals surface area contributed by atoms with Crippen LogP contribution < -0.4 is 0 Å². The lowest BCUT2D eigenvalue weighted by Crippen LogP contribution is -2.34. The lowest BCUT2D eigenvalue weighted by Gasteiger charge is -2.35. The molecular formula is C16H24O3. The van der Waals surface area contributed by atoms with Crippen molar-refractivity contribution in [1.82, 2.24) is 0 Å². The average Bonchev–Trinajstić information content (AvgIpc) is 2.91. The Hall–Kier alpha value is -1.06. The normalized spacial score (nSPS) is 22.0. The van der Waals surface area contributed by atoms with Crippen LogP contribution in [0.1, 0.15) is 51.0 Å². The van der Waals surface area contributed by atoms with Crippen molar-refractivity contribution in [1.29, 1.82) is 0 Å².